The molecule has 24 heavy (non-hydrogen) atoms. The van der Waals surface area contributed by atoms with E-state index in [1.165, 1.54) is 0 Å². The molecular formula is C18H17ClN2O3. The molecule has 0 aromatic heterocycles. The molecule has 2 N–H and O–H groups in total. The van der Waals surface area contributed by atoms with Gasteiger partial charge in [-0.3, -0.25) is 9.59 Å². The lowest BCUT2D eigenvalue weighted by atomic mass is 10.0. The number of rotatable bonds is 5. The quantitative estimate of drug-likeness (QED) is 0.812. The Morgan fingerprint density at radius 2 is 1.62 bits per heavy atom. The Kier molecular flexibility index (Phi) is 4.44. The minimum atomic E-state index is -1.01. The van der Waals surface area contributed by atoms with E-state index in [1.54, 1.807) is 55.6 Å². The average Bonchev–Trinajstić information content (AvgIpc) is 3.39. The van der Waals surface area contributed by atoms with Gasteiger partial charge in [0.15, 0.2) is 0 Å². The predicted octanol–water partition coefficient (Wildman–Crippen LogP) is 3.71. The van der Waals surface area contributed by atoms with Crippen LogP contribution in [0.2, 0.25) is 5.02 Å². The second kappa shape index (κ2) is 6.53. The SMILES string of the molecule is COc1cccc(NC(=O)C2(C(=O)Nc3ccc(Cl)cc3)CC2)c1. The van der Waals surface area contributed by atoms with Crippen LogP contribution in [-0.4, -0.2) is 18.9 Å². The van der Waals surface area contributed by atoms with Crippen molar-refractivity contribution in [3.8, 4) is 5.75 Å². The zero-order valence-corrected chi connectivity index (χ0v) is 13.9. The minimum absolute atomic E-state index is 0.301. The molecule has 1 aliphatic rings. The van der Waals surface area contributed by atoms with Crippen LogP contribution >= 0.6 is 11.6 Å². The van der Waals surface area contributed by atoms with Gasteiger partial charge in [-0.15, -0.1) is 0 Å². The molecule has 1 aliphatic carbocycles. The molecule has 0 radical (unpaired) electrons. The summed E-state index contributed by atoms with van der Waals surface area (Å²) in [6.45, 7) is 0. The lowest BCUT2D eigenvalue weighted by molar-refractivity contribution is -0.131. The largest absolute Gasteiger partial charge is 0.497 e. The predicted molar refractivity (Wildman–Crippen MR) is 93.4 cm³/mol. The van der Waals surface area contributed by atoms with Crippen LogP contribution < -0.4 is 15.4 Å². The topological polar surface area (TPSA) is 67.4 Å². The maximum absolute atomic E-state index is 12.5. The van der Waals surface area contributed by atoms with Gasteiger partial charge in [0.1, 0.15) is 11.2 Å². The third-order valence-electron chi connectivity index (χ3n) is 4.05. The molecule has 3 rings (SSSR count). The number of carbonyl (C=O) groups is 2. The summed E-state index contributed by atoms with van der Waals surface area (Å²) in [5.74, 6) is 0.0377. The molecule has 0 atom stereocenters. The molecule has 6 heteroatoms. The molecular weight excluding hydrogens is 328 g/mol. The number of anilines is 2. The summed E-state index contributed by atoms with van der Waals surface area (Å²) in [5, 5.41) is 6.16. The lowest BCUT2D eigenvalue weighted by Crippen LogP contribution is -2.35. The normalized spacial score (nSPS) is 14.6. The van der Waals surface area contributed by atoms with Gasteiger partial charge >= 0.3 is 0 Å². The standard InChI is InChI=1S/C18H17ClN2O3/c1-24-15-4-2-3-14(11-15)21-17(23)18(9-10-18)16(22)20-13-7-5-12(19)6-8-13/h2-8,11H,9-10H2,1H3,(H,20,22)(H,21,23). The lowest BCUT2D eigenvalue weighted by Gasteiger charge is -2.16. The van der Waals surface area contributed by atoms with E-state index in [0.717, 1.165) is 0 Å². The van der Waals surface area contributed by atoms with Crippen molar-refractivity contribution in [1.29, 1.82) is 0 Å². The van der Waals surface area contributed by atoms with E-state index in [-0.39, 0.29) is 11.8 Å². The number of hydrogen-bond donors (Lipinski definition) is 2. The number of ether oxygens (including phenoxy) is 1. The Morgan fingerprint density at radius 1 is 1.00 bits per heavy atom. The highest BCUT2D eigenvalue weighted by atomic mass is 35.5. The van der Waals surface area contributed by atoms with E-state index >= 15 is 0 Å². The molecule has 1 fully saturated rings. The Hall–Kier alpha value is -2.53. The first-order valence-electron chi connectivity index (χ1n) is 7.56. The first-order valence-corrected chi connectivity index (χ1v) is 7.94. The fourth-order valence-corrected chi connectivity index (χ4v) is 2.54. The van der Waals surface area contributed by atoms with Crippen LogP contribution in [0.5, 0.6) is 5.75 Å². The first kappa shape index (κ1) is 16.3. The van der Waals surface area contributed by atoms with Crippen molar-refractivity contribution in [2.24, 2.45) is 5.41 Å². The summed E-state index contributed by atoms with van der Waals surface area (Å²) in [4.78, 5) is 25.1. The molecule has 0 spiro atoms. The monoisotopic (exact) mass is 344 g/mol. The van der Waals surface area contributed by atoms with Gasteiger partial charge in [-0.25, -0.2) is 0 Å². The molecule has 5 nitrogen and oxygen atoms in total. The van der Waals surface area contributed by atoms with E-state index in [0.29, 0.717) is 35.0 Å². The van der Waals surface area contributed by atoms with Gasteiger partial charge in [0, 0.05) is 22.5 Å². The van der Waals surface area contributed by atoms with Crippen molar-refractivity contribution in [3.05, 3.63) is 53.6 Å². The Bertz CT molecular complexity index is 770. The van der Waals surface area contributed by atoms with E-state index in [2.05, 4.69) is 10.6 Å². The van der Waals surface area contributed by atoms with Gasteiger partial charge in [0.05, 0.1) is 7.11 Å². The summed E-state index contributed by atoms with van der Waals surface area (Å²) in [6.07, 6.45) is 1.06. The molecule has 124 valence electrons. The highest BCUT2D eigenvalue weighted by Crippen LogP contribution is 2.47. The van der Waals surface area contributed by atoms with Crippen molar-refractivity contribution >= 4 is 34.8 Å². The molecule has 0 aliphatic heterocycles. The van der Waals surface area contributed by atoms with Crippen LogP contribution in [-0.2, 0) is 9.59 Å². The van der Waals surface area contributed by atoms with Crippen molar-refractivity contribution in [3.63, 3.8) is 0 Å². The third kappa shape index (κ3) is 3.36. The molecule has 2 aromatic rings. The van der Waals surface area contributed by atoms with Crippen molar-refractivity contribution in [1.82, 2.24) is 0 Å². The molecule has 2 aromatic carbocycles. The second-order valence-corrected chi connectivity index (χ2v) is 6.17. The van der Waals surface area contributed by atoms with Crippen LogP contribution in [0.4, 0.5) is 11.4 Å². The smallest absolute Gasteiger partial charge is 0.240 e. The Labute approximate surface area is 145 Å². The number of halogens is 1. The molecule has 2 amide bonds. The maximum Gasteiger partial charge on any atom is 0.240 e. The van der Waals surface area contributed by atoms with Gasteiger partial charge in [-0.1, -0.05) is 17.7 Å². The van der Waals surface area contributed by atoms with Crippen molar-refractivity contribution in [2.45, 2.75) is 12.8 Å². The molecule has 0 saturated heterocycles. The number of carbonyl (C=O) groups excluding carboxylic acids is 2. The summed E-state index contributed by atoms with van der Waals surface area (Å²) in [5.41, 5.74) is 0.206. The van der Waals surface area contributed by atoms with Gasteiger partial charge in [0.2, 0.25) is 11.8 Å². The highest BCUT2D eigenvalue weighted by Gasteiger charge is 2.56. The summed E-state index contributed by atoms with van der Waals surface area (Å²) in [7, 11) is 1.56. The molecule has 1 saturated carbocycles. The van der Waals surface area contributed by atoms with Crippen LogP contribution in [0.15, 0.2) is 48.5 Å². The fourth-order valence-electron chi connectivity index (χ4n) is 2.42. The number of amides is 2. The zero-order valence-electron chi connectivity index (χ0n) is 13.1. The van der Waals surface area contributed by atoms with E-state index < -0.39 is 5.41 Å². The fraction of sp³-hybridized carbons (Fsp3) is 0.222. The van der Waals surface area contributed by atoms with Gasteiger partial charge in [-0.2, -0.15) is 0 Å². The average molecular weight is 345 g/mol. The van der Waals surface area contributed by atoms with Crippen LogP contribution in [0, 0.1) is 5.41 Å². The van der Waals surface area contributed by atoms with Gasteiger partial charge in [-0.05, 0) is 49.2 Å². The number of methoxy groups -OCH3 is 1. The molecule has 0 heterocycles. The van der Waals surface area contributed by atoms with Crippen LogP contribution in [0.1, 0.15) is 12.8 Å². The molecule has 0 bridgehead atoms. The summed E-state index contributed by atoms with van der Waals surface area (Å²) < 4.78 is 5.13. The number of benzene rings is 2. The number of hydrogen-bond acceptors (Lipinski definition) is 3. The zero-order chi connectivity index (χ0) is 17.2. The van der Waals surface area contributed by atoms with Crippen molar-refractivity contribution in [2.75, 3.05) is 17.7 Å². The third-order valence-corrected chi connectivity index (χ3v) is 4.30. The first-order chi connectivity index (χ1) is 11.5. The summed E-state index contributed by atoms with van der Waals surface area (Å²) in [6, 6.07) is 13.8. The highest BCUT2D eigenvalue weighted by molar-refractivity contribution is 6.30. The van der Waals surface area contributed by atoms with E-state index in [4.69, 9.17) is 16.3 Å². The maximum atomic E-state index is 12.5. The number of nitrogens with one attached hydrogen (secondary N) is 2. The van der Waals surface area contributed by atoms with Crippen molar-refractivity contribution < 1.29 is 14.3 Å². The molecule has 0 unspecified atom stereocenters. The van der Waals surface area contributed by atoms with Gasteiger partial charge < -0.3 is 15.4 Å². The van der Waals surface area contributed by atoms with Gasteiger partial charge in [0.25, 0.3) is 0 Å². The van der Waals surface area contributed by atoms with E-state index in [1.807, 2.05) is 0 Å². The van der Waals surface area contributed by atoms with Crippen LogP contribution in [0.3, 0.4) is 0 Å². The minimum Gasteiger partial charge on any atom is -0.497 e. The van der Waals surface area contributed by atoms with E-state index in [9.17, 15) is 9.59 Å². The Balaban J connectivity index is 1.69. The summed E-state index contributed by atoms with van der Waals surface area (Å²) >= 11 is 5.83. The second-order valence-electron chi connectivity index (χ2n) is 5.73. The van der Waals surface area contributed by atoms with Crippen LogP contribution in [0.25, 0.3) is 0 Å². The Morgan fingerprint density at radius 3 is 2.21 bits per heavy atom.